The van der Waals surface area contributed by atoms with Crippen molar-refractivity contribution in [3.05, 3.63) is 59.7 Å². The molecule has 180 valence electrons. The molecular formula is C27H32N2O5. The van der Waals surface area contributed by atoms with E-state index >= 15 is 0 Å². The number of benzene rings is 2. The van der Waals surface area contributed by atoms with E-state index in [0.29, 0.717) is 12.8 Å². The predicted molar refractivity (Wildman–Crippen MR) is 128 cm³/mol. The van der Waals surface area contributed by atoms with Gasteiger partial charge < -0.3 is 20.1 Å². The van der Waals surface area contributed by atoms with E-state index < -0.39 is 23.5 Å². The minimum Gasteiger partial charge on any atom is -0.480 e. The fourth-order valence-electron chi connectivity index (χ4n) is 5.30. The Morgan fingerprint density at radius 2 is 1.59 bits per heavy atom. The highest BCUT2D eigenvalue weighted by atomic mass is 16.5. The van der Waals surface area contributed by atoms with E-state index in [9.17, 15) is 19.5 Å². The summed E-state index contributed by atoms with van der Waals surface area (Å²) >= 11 is 0. The minimum absolute atomic E-state index is 0.0361. The number of nitrogens with zero attached hydrogens (tertiary/aromatic N) is 1. The zero-order valence-corrected chi connectivity index (χ0v) is 19.8. The molecule has 2 aromatic rings. The third-order valence-corrected chi connectivity index (χ3v) is 7.44. The lowest BCUT2D eigenvalue weighted by Crippen LogP contribution is -2.53. The van der Waals surface area contributed by atoms with Gasteiger partial charge in [0.05, 0.1) is 5.41 Å². The van der Waals surface area contributed by atoms with Gasteiger partial charge in [-0.3, -0.25) is 4.79 Å². The van der Waals surface area contributed by atoms with E-state index in [0.717, 1.165) is 41.5 Å². The summed E-state index contributed by atoms with van der Waals surface area (Å²) in [5.74, 6) is -1.32. The maximum Gasteiger partial charge on any atom is 0.407 e. The van der Waals surface area contributed by atoms with Crippen LogP contribution >= 0.6 is 0 Å². The highest BCUT2D eigenvalue weighted by Crippen LogP contribution is 2.44. The van der Waals surface area contributed by atoms with Crippen molar-refractivity contribution in [3.8, 4) is 11.1 Å². The molecule has 0 aromatic heterocycles. The maximum atomic E-state index is 13.3. The van der Waals surface area contributed by atoms with Gasteiger partial charge in [-0.2, -0.15) is 0 Å². The first-order valence-corrected chi connectivity index (χ1v) is 11.9. The largest absolute Gasteiger partial charge is 0.480 e. The van der Waals surface area contributed by atoms with Gasteiger partial charge in [-0.1, -0.05) is 67.8 Å². The van der Waals surface area contributed by atoms with Gasteiger partial charge in [0.1, 0.15) is 12.6 Å². The number of carboxylic acid groups (broad SMARTS) is 1. The van der Waals surface area contributed by atoms with Crippen molar-refractivity contribution in [1.82, 2.24) is 10.2 Å². The second-order valence-electron chi connectivity index (χ2n) is 9.45. The zero-order chi connectivity index (χ0) is 24.3. The number of ether oxygens (including phenoxy) is 1. The van der Waals surface area contributed by atoms with Crippen molar-refractivity contribution < 1.29 is 24.2 Å². The summed E-state index contributed by atoms with van der Waals surface area (Å²) in [6, 6.07) is 15.4. The highest BCUT2D eigenvalue weighted by molar-refractivity contribution is 5.88. The van der Waals surface area contributed by atoms with Crippen molar-refractivity contribution in [2.75, 3.05) is 20.2 Å². The molecule has 1 saturated carbocycles. The molecule has 0 unspecified atom stereocenters. The molecule has 0 radical (unpaired) electrons. The summed E-state index contributed by atoms with van der Waals surface area (Å²) in [4.78, 5) is 38.7. The summed E-state index contributed by atoms with van der Waals surface area (Å²) in [6.45, 7) is 1.84. The van der Waals surface area contributed by atoms with Crippen LogP contribution in [-0.4, -0.2) is 54.2 Å². The van der Waals surface area contributed by atoms with Crippen LogP contribution < -0.4 is 5.32 Å². The molecule has 2 amide bonds. The lowest BCUT2D eigenvalue weighted by atomic mass is 9.72. The van der Waals surface area contributed by atoms with Crippen molar-refractivity contribution in [2.24, 2.45) is 5.41 Å². The maximum absolute atomic E-state index is 13.3. The molecule has 0 saturated heterocycles. The lowest BCUT2D eigenvalue weighted by molar-refractivity contribution is -0.154. The summed E-state index contributed by atoms with van der Waals surface area (Å²) in [5, 5.41) is 12.1. The SMILES string of the molecule is C[C@@H](C(=O)O)N(C)C(=O)C1(CNC(=O)OCC2c3ccccc3-c3ccccc32)CCCCC1. The number of rotatable bonds is 7. The smallest absolute Gasteiger partial charge is 0.407 e. The minimum atomic E-state index is -1.05. The number of carbonyl (C=O) groups is 3. The molecule has 2 aliphatic carbocycles. The number of likely N-dealkylation sites (N-methyl/N-ethyl adjacent to an activating group) is 1. The van der Waals surface area contributed by atoms with Gasteiger partial charge in [-0.05, 0) is 42.0 Å². The number of carboxylic acids is 1. The van der Waals surface area contributed by atoms with Gasteiger partial charge in [0.2, 0.25) is 5.91 Å². The molecule has 4 rings (SSSR count). The highest BCUT2D eigenvalue weighted by Gasteiger charge is 2.43. The van der Waals surface area contributed by atoms with Crippen LogP contribution in [0.3, 0.4) is 0 Å². The van der Waals surface area contributed by atoms with E-state index in [1.165, 1.54) is 18.9 Å². The second kappa shape index (κ2) is 9.87. The Balaban J connectivity index is 1.41. The second-order valence-corrected chi connectivity index (χ2v) is 9.45. The molecular weight excluding hydrogens is 432 g/mol. The van der Waals surface area contributed by atoms with Crippen LogP contribution in [0.2, 0.25) is 0 Å². The van der Waals surface area contributed by atoms with Crippen LogP contribution in [0.5, 0.6) is 0 Å². The molecule has 0 bridgehead atoms. The number of carbonyl (C=O) groups excluding carboxylic acids is 2. The van der Waals surface area contributed by atoms with Gasteiger partial charge in [0.25, 0.3) is 0 Å². The first-order chi connectivity index (χ1) is 16.3. The molecule has 0 spiro atoms. The van der Waals surface area contributed by atoms with Crippen molar-refractivity contribution in [2.45, 2.75) is 51.0 Å². The van der Waals surface area contributed by atoms with Crippen molar-refractivity contribution in [1.29, 1.82) is 0 Å². The Morgan fingerprint density at radius 3 is 2.15 bits per heavy atom. The Bertz CT molecular complexity index is 1030. The number of hydrogen-bond donors (Lipinski definition) is 2. The van der Waals surface area contributed by atoms with Gasteiger partial charge in [-0.15, -0.1) is 0 Å². The molecule has 1 fully saturated rings. The van der Waals surface area contributed by atoms with E-state index in [2.05, 4.69) is 29.6 Å². The van der Waals surface area contributed by atoms with Crippen LogP contribution in [-0.2, 0) is 14.3 Å². The predicted octanol–water partition coefficient (Wildman–Crippen LogP) is 4.41. The Labute approximate surface area is 200 Å². The van der Waals surface area contributed by atoms with Gasteiger partial charge in [-0.25, -0.2) is 9.59 Å². The summed E-state index contributed by atoms with van der Waals surface area (Å²) in [7, 11) is 1.52. The normalized spacial score (nSPS) is 17.2. The van der Waals surface area contributed by atoms with E-state index in [1.807, 2.05) is 24.3 Å². The molecule has 7 nitrogen and oxygen atoms in total. The fourth-order valence-corrected chi connectivity index (χ4v) is 5.30. The van der Waals surface area contributed by atoms with Gasteiger partial charge in [0, 0.05) is 19.5 Å². The zero-order valence-electron chi connectivity index (χ0n) is 19.8. The average molecular weight is 465 g/mol. The third-order valence-electron chi connectivity index (χ3n) is 7.44. The van der Waals surface area contributed by atoms with Gasteiger partial charge >= 0.3 is 12.1 Å². The van der Waals surface area contributed by atoms with Crippen LogP contribution in [0.1, 0.15) is 56.1 Å². The summed E-state index contributed by atoms with van der Waals surface area (Å²) in [5.41, 5.74) is 3.80. The molecule has 34 heavy (non-hydrogen) atoms. The number of fused-ring (bicyclic) bond motifs is 3. The summed E-state index contributed by atoms with van der Waals surface area (Å²) < 4.78 is 5.63. The molecule has 2 N–H and O–H groups in total. The standard InChI is InChI=1S/C27H32N2O5/c1-18(24(30)31)29(2)25(32)27(14-8-3-9-15-27)17-28-26(33)34-16-23-21-12-6-4-10-19(21)20-11-5-7-13-22(20)23/h4-7,10-13,18,23H,3,8-9,14-17H2,1-2H3,(H,28,33)(H,30,31)/t18-/m0/s1. The number of hydrogen-bond acceptors (Lipinski definition) is 4. The number of nitrogens with one attached hydrogen (secondary N) is 1. The van der Waals surface area contributed by atoms with Crippen LogP contribution in [0.15, 0.2) is 48.5 Å². The third kappa shape index (κ3) is 4.52. The van der Waals surface area contributed by atoms with Gasteiger partial charge in [0.15, 0.2) is 0 Å². The Kier molecular flexibility index (Phi) is 6.91. The Morgan fingerprint density at radius 1 is 1.03 bits per heavy atom. The fraction of sp³-hybridized carbons (Fsp3) is 0.444. The van der Waals surface area contributed by atoms with Crippen LogP contribution in [0.25, 0.3) is 11.1 Å². The number of amides is 2. The van der Waals surface area contributed by atoms with Crippen LogP contribution in [0, 0.1) is 5.41 Å². The lowest BCUT2D eigenvalue weighted by Gasteiger charge is -2.39. The molecule has 1 atom stereocenters. The molecule has 7 heteroatoms. The first kappa shape index (κ1) is 23.8. The monoisotopic (exact) mass is 464 g/mol. The first-order valence-electron chi connectivity index (χ1n) is 11.9. The van der Waals surface area contributed by atoms with Crippen molar-refractivity contribution in [3.63, 3.8) is 0 Å². The molecule has 2 aromatic carbocycles. The summed E-state index contributed by atoms with van der Waals surface area (Å²) in [6.07, 6.45) is 3.44. The van der Waals surface area contributed by atoms with E-state index in [1.54, 1.807) is 0 Å². The molecule has 0 aliphatic heterocycles. The average Bonchev–Trinajstić information content (AvgIpc) is 3.19. The number of alkyl carbamates (subject to hydrolysis) is 1. The quantitative estimate of drug-likeness (QED) is 0.633. The topological polar surface area (TPSA) is 95.9 Å². The van der Waals surface area contributed by atoms with E-state index in [4.69, 9.17) is 4.74 Å². The molecule has 2 aliphatic rings. The molecule has 0 heterocycles. The Hall–Kier alpha value is -3.35. The van der Waals surface area contributed by atoms with E-state index in [-0.39, 0.29) is 25.0 Å². The van der Waals surface area contributed by atoms with Crippen LogP contribution in [0.4, 0.5) is 4.79 Å². The number of aliphatic carboxylic acids is 1. The van der Waals surface area contributed by atoms with Crippen molar-refractivity contribution >= 4 is 18.0 Å².